The maximum absolute atomic E-state index is 13.9. The first kappa shape index (κ1) is 40.5. The lowest BCUT2D eigenvalue weighted by Crippen LogP contribution is -2.51. The number of benzene rings is 2. The van der Waals surface area contributed by atoms with Crippen LogP contribution in [0.4, 0.5) is 0 Å². The molecule has 312 valence electrons. The van der Waals surface area contributed by atoms with Gasteiger partial charge in [0.1, 0.15) is 0 Å². The fraction of sp³-hybridized carbons (Fsp3) is 0.636. The van der Waals surface area contributed by atoms with Crippen LogP contribution in [-0.2, 0) is 9.59 Å². The first-order valence-corrected chi connectivity index (χ1v) is 22.0. The molecule has 4 fully saturated rings. The summed E-state index contributed by atoms with van der Waals surface area (Å²) < 4.78 is 0. The standard InChI is InChI=1S/C44H60N8O6/c53-39(31-7-1-2-8-31)45-15-5-17-47-19-23-49(24-20-47)27-29-51-41(55)33-11-13-35-38-36(14-12-34(37(33)38)42(51)56)44(58)52(43(35)57)30-28-50-25-21-48(22-26-50)18-6-16-46-40(54)32-9-3-4-10-32/h11-14,31-32H,1-10,15-30H2,(H,45,53)(H,46,54). The minimum Gasteiger partial charge on any atom is -0.356 e. The zero-order chi connectivity index (χ0) is 40.2. The predicted octanol–water partition coefficient (Wildman–Crippen LogP) is 2.66. The fourth-order valence-electron chi connectivity index (χ4n) is 10.0. The average molecular weight is 797 g/mol. The molecule has 0 aromatic heterocycles. The van der Waals surface area contributed by atoms with Crippen molar-refractivity contribution in [3.8, 4) is 0 Å². The van der Waals surface area contributed by atoms with Gasteiger partial charge in [0.2, 0.25) is 11.8 Å². The van der Waals surface area contributed by atoms with Crippen LogP contribution in [-0.4, -0.2) is 170 Å². The predicted molar refractivity (Wildman–Crippen MR) is 220 cm³/mol. The van der Waals surface area contributed by atoms with Gasteiger partial charge in [-0.2, -0.15) is 0 Å². The van der Waals surface area contributed by atoms with E-state index in [0.29, 0.717) is 59.2 Å². The Morgan fingerprint density at radius 1 is 0.448 bits per heavy atom. The summed E-state index contributed by atoms with van der Waals surface area (Å²) in [4.78, 5) is 92.1. The number of nitrogens with one attached hydrogen (secondary N) is 2. The molecule has 2 saturated heterocycles. The number of hydrogen-bond acceptors (Lipinski definition) is 10. The van der Waals surface area contributed by atoms with Gasteiger partial charge < -0.3 is 20.4 Å². The van der Waals surface area contributed by atoms with Gasteiger partial charge in [0, 0.05) is 136 Å². The average Bonchev–Trinajstić information content (AvgIpc) is 4.00. The van der Waals surface area contributed by atoms with Crippen LogP contribution >= 0.6 is 0 Å². The van der Waals surface area contributed by atoms with Crippen molar-refractivity contribution in [2.45, 2.75) is 64.2 Å². The van der Waals surface area contributed by atoms with E-state index >= 15 is 0 Å². The highest BCUT2D eigenvalue weighted by Crippen LogP contribution is 2.38. The molecule has 0 atom stereocenters. The molecule has 8 rings (SSSR count). The van der Waals surface area contributed by atoms with Gasteiger partial charge >= 0.3 is 0 Å². The van der Waals surface area contributed by atoms with Crippen LogP contribution in [0, 0.1) is 11.8 Å². The summed E-state index contributed by atoms with van der Waals surface area (Å²) in [7, 11) is 0. The summed E-state index contributed by atoms with van der Waals surface area (Å²) in [5, 5.41) is 7.03. The third-order valence-corrected chi connectivity index (χ3v) is 13.6. The summed E-state index contributed by atoms with van der Waals surface area (Å²) in [5.41, 5.74) is 1.40. The van der Waals surface area contributed by atoms with Gasteiger partial charge in [0.05, 0.1) is 0 Å². The molecule has 0 radical (unpaired) electrons. The number of imide groups is 2. The van der Waals surface area contributed by atoms with Crippen LogP contribution in [0.1, 0.15) is 106 Å². The van der Waals surface area contributed by atoms with Gasteiger partial charge in [-0.05, 0) is 75.9 Å². The van der Waals surface area contributed by atoms with Crippen LogP contribution in [0.3, 0.4) is 0 Å². The van der Waals surface area contributed by atoms with Crippen molar-refractivity contribution in [3.63, 3.8) is 0 Å². The lowest BCUT2D eigenvalue weighted by atomic mass is 9.86. The van der Waals surface area contributed by atoms with E-state index in [9.17, 15) is 28.8 Å². The maximum atomic E-state index is 13.9. The molecule has 14 heteroatoms. The Hall–Kier alpha value is -4.24. The lowest BCUT2D eigenvalue weighted by Gasteiger charge is -2.37. The third kappa shape index (κ3) is 8.71. The summed E-state index contributed by atoms with van der Waals surface area (Å²) in [6.07, 6.45) is 10.5. The SMILES string of the molecule is O=C(NCCCN1CCN(CCN2C(=O)c3ccc4c5c(ccc(c35)C2=O)C(=O)N(CCN2CCN(CCCNC(=O)C3CCCC3)CC2)C4=O)CC1)C1CCCC1. The highest BCUT2D eigenvalue weighted by atomic mass is 16.2. The second-order valence-electron chi connectivity index (χ2n) is 17.2. The number of carbonyl (C=O) groups excluding carboxylic acids is 6. The van der Waals surface area contributed by atoms with Crippen molar-refractivity contribution < 1.29 is 28.8 Å². The first-order valence-electron chi connectivity index (χ1n) is 22.0. The molecular formula is C44H60N8O6. The van der Waals surface area contributed by atoms with Crippen molar-refractivity contribution in [3.05, 3.63) is 46.5 Å². The molecule has 2 aromatic rings. The Labute approximate surface area is 341 Å². The molecule has 2 aliphatic carbocycles. The zero-order valence-corrected chi connectivity index (χ0v) is 34.0. The van der Waals surface area contributed by atoms with E-state index in [2.05, 4.69) is 30.2 Å². The lowest BCUT2D eigenvalue weighted by molar-refractivity contribution is -0.125. The Bertz CT molecular complexity index is 1690. The number of nitrogens with zero attached hydrogens (tertiary/aromatic N) is 6. The quantitative estimate of drug-likeness (QED) is 0.192. The second-order valence-corrected chi connectivity index (χ2v) is 17.2. The summed E-state index contributed by atoms with van der Waals surface area (Å²) in [6.45, 7) is 11.8. The Morgan fingerprint density at radius 3 is 1.05 bits per heavy atom. The summed E-state index contributed by atoms with van der Waals surface area (Å²) in [6, 6.07) is 6.58. The van der Waals surface area contributed by atoms with Crippen LogP contribution < -0.4 is 10.6 Å². The molecule has 6 aliphatic rings. The molecule has 6 amide bonds. The van der Waals surface area contributed by atoms with Gasteiger partial charge in [-0.1, -0.05) is 25.7 Å². The van der Waals surface area contributed by atoms with Crippen molar-refractivity contribution >= 4 is 46.2 Å². The topological polar surface area (TPSA) is 146 Å². The smallest absolute Gasteiger partial charge is 0.261 e. The molecule has 2 N–H and O–H groups in total. The number of hydrogen-bond donors (Lipinski definition) is 2. The monoisotopic (exact) mass is 796 g/mol. The van der Waals surface area contributed by atoms with Gasteiger partial charge in [-0.25, -0.2) is 0 Å². The van der Waals surface area contributed by atoms with E-state index in [1.165, 1.54) is 9.80 Å². The van der Waals surface area contributed by atoms with Crippen LogP contribution in [0.5, 0.6) is 0 Å². The molecule has 4 heterocycles. The summed E-state index contributed by atoms with van der Waals surface area (Å²) in [5.74, 6) is -0.767. The number of piperazine rings is 2. The van der Waals surface area contributed by atoms with Gasteiger partial charge in [0.25, 0.3) is 23.6 Å². The van der Waals surface area contributed by atoms with E-state index in [1.54, 1.807) is 24.3 Å². The summed E-state index contributed by atoms with van der Waals surface area (Å²) >= 11 is 0. The van der Waals surface area contributed by atoms with E-state index in [4.69, 9.17) is 0 Å². The van der Waals surface area contributed by atoms with E-state index in [-0.39, 0.29) is 36.7 Å². The maximum Gasteiger partial charge on any atom is 0.261 e. The Kier molecular flexibility index (Phi) is 12.8. The highest BCUT2D eigenvalue weighted by molar-refractivity contribution is 6.33. The van der Waals surface area contributed by atoms with Crippen LogP contribution in [0.15, 0.2) is 24.3 Å². The van der Waals surface area contributed by atoms with E-state index in [0.717, 1.165) is 130 Å². The molecule has 2 saturated carbocycles. The minimum absolute atomic E-state index is 0.197. The third-order valence-electron chi connectivity index (χ3n) is 13.6. The highest BCUT2D eigenvalue weighted by Gasteiger charge is 2.40. The fourth-order valence-corrected chi connectivity index (χ4v) is 10.0. The van der Waals surface area contributed by atoms with Crippen molar-refractivity contribution in [1.82, 2.24) is 40.0 Å². The minimum atomic E-state index is -0.394. The van der Waals surface area contributed by atoms with Crippen molar-refractivity contribution in [1.29, 1.82) is 0 Å². The van der Waals surface area contributed by atoms with Gasteiger partial charge in [-0.3, -0.25) is 48.4 Å². The van der Waals surface area contributed by atoms with E-state index < -0.39 is 23.6 Å². The van der Waals surface area contributed by atoms with Crippen molar-refractivity contribution in [2.24, 2.45) is 11.8 Å². The van der Waals surface area contributed by atoms with Crippen molar-refractivity contribution in [2.75, 3.05) is 105 Å². The molecule has 0 unspecified atom stereocenters. The largest absolute Gasteiger partial charge is 0.356 e. The molecular weight excluding hydrogens is 737 g/mol. The number of carbonyl (C=O) groups is 6. The number of amides is 6. The van der Waals surface area contributed by atoms with Gasteiger partial charge in [0.15, 0.2) is 0 Å². The molecule has 0 bridgehead atoms. The molecule has 2 aromatic carbocycles. The molecule has 14 nitrogen and oxygen atoms in total. The van der Waals surface area contributed by atoms with Crippen LogP contribution in [0.25, 0.3) is 10.8 Å². The molecule has 58 heavy (non-hydrogen) atoms. The first-order chi connectivity index (χ1) is 28.3. The van der Waals surface area contributed by atoms with E-state index in [1.807, 2.05) is 0 Å². The molecule has 4 aliphatic heterocycles. The zero-order valence-electron chi connectivity index (χ0n) is 34.0. The second kappa shape index (κ2) is 18.4. The Morgan fingerprint density at radius 2 is 0.741 bits per heavy atom. The molecule has 0 spiro atoms. The Balaban J connectivity index is 0.796. The van der Waals surface area contributed by atoms with Crippen LogP contribution in [0.2, 0.25) is 0 Å². The normalized spacial score (nSPS) is 21.5. The van der Waals surface area contributed by atoms with Gasteiger partial charge in [-0.15, -0.1) is 0 Å². The number of rotatable bonds is 16.